The minimum absolute atomic E-state index is 0.188. The van der Waals surface area contributed by atoms with Gasteiger partial charge in [-0.2, -0.15) is 0 Å². The molecule has 0 aromatic heterocycles. The molecule has 1 aromatic carbocycles. The number of hydrogen-bond acceptors (Lipinski definition) is 2. The second kappa shape index (κ2) is 3.28. The van der Waals surface area contributed by atoms with Crippen LogP contribution in [0.25, 0.3) is 0 Å². The lowest BCUT2D eigenvalue weighted by atomic mass is 10.1. The predicted molar refractivity (Wildman–Crippen MR) is 60.6 cm³/mol. The number of rotatable bonds is 1. The largest absolute Gasteiger partial charge is 0.367 e. The number of fused-ring (bicyclic) bond motifs is 1. The van der Waals surface area contributed by atoms with Gasteiger partial charge in [-0.1, -0.05) is 12.1 Å². The average molecular weight is 190 g/mol. The minimum atomic E-state index is 0.188. The van der Waals surface area contributed by atoms with Crippen LogP contribution in [0.1, 0.15) is 31.0 Å². The Morgan fingerprint density at radius 1 is 1.43 bits per heavy atom. The first-order chi connectivity index (χ1) is 6.59. The van der Waals surface area contributed by atoms with Gasteiger partial charge < -0.3 is 10.6 Å². The van der Waals surface area contributed by atoms with Crippen molar-refractivity contribution in [1.82, 2.24) is 0 Å². The van der Waals surface area contributed by atoms with E-state index in [0.717, 1.165) is 6.54 Å². The van der Waals surface area contributed by atoms with Crippen molar-refractivity contribution in [3.8, 4) is 0 Å². The molecule has 0 saturated carbocycles. The molecule has 0 aliphatic carbocycles. The van der Waals surface area contributed by atoms with E-state index in [1.165, 1.54) is 16.8 Å². The summed E-state index contributed by atoms with van der Waals surface area (Å²) in [6, 6.07) is 7.26. The second-order valence-electron chi connectivity index (χ2n) is 4.41. The summed E-state index contributed by atoms with van der Waals surface area (Å²) < 4.78 is 0. The van der Waals surface area contributed by atoms with Crippen molar-refractivity contribution in [1.29, 1.82) is 0 Å². The molecule has 14 heavy (non-hydrogen) atoms. The highest BCUT2D eigenvalue weighted by molar-refractivity contribution is 5.61. The molecule has 0 saturated heterocycles. The Morgan fingerprint density at radius 3 is 2.79 bits per heavy atom. The molecular weight excluding hydrogens is 172 g/mol. The fourth-order valence-electron chi connectivity index (χ4n) is 2.11. The zero-order valence-corrected chi connectivity index (χ0v) is 9.12. The van der Waals surface area contributed by atoms with Crippen molar-refractivity contribution >= 4 is 5.69 Å². The van der Waals surface area contributed by atoms with Gasteiger partial charge >= 0.3 is 0 Å². The van der Waals surface area contributed by atoms with Crippen LogP contribution in [0.15, 0.2) is 18.2 Å². The Balaban J connectivity index is 2.45. The fraction of sp³-hybridized carbons (Fsp3) is 0.500. The van der Waals surface area contributed by atoms with Crippen LogP contribution in [0, 0.1) is 6.92 Å². The molecule has 1 aliphatic rings. The Bertz CT molecular complexity index is 344. The van der Waals surface area contributed by atoms with Gasteiger partial charge in [-0.05, 0) is 38.0 Å². The minimum Gasteiger partial charge on any atom is -0.367 e. The molecule has 1 aromatic rings. The van der Waals surface area contributed by atoms with E-state index in [4.69, 9.17) is 5.73 Å². The maximum Gasteiger partial charge on any atom is 0.0493 e. The SMILES string of the molecule is Cc1ccc2c(c1)N(C(C)C)CC2N. The third-order valence-corrected chi connectivity index (χ3v) is 2.91. The van der Waals surface area contributed by atoms with Gasteiger partial charge in [-0.15, -0.1) is 0 Å². The van der Waals surface area contributed by atoms with E-state index >= 15 is 0 Å². The topological polar surface area (TPSA) is 29.3 Å². The quantitative estimate of drug-likeness (QED) is 0.735. The monoisotopic (exact) mass is 190 g/mol. The van der Waals surface area contributed by atoms with Gasteiger partial charge in [-0.3, -0.25) is 0 Å². The van der Waals surface area contributed by atoms with Crippen LogP contribution in [-0.2, 0) is 0 Å². The van der Waals surface area contributed by atoms with Crippen LogP contribution in [0.4, 0.5) is 5.69 Å². The van der Waals surface area contributed by atoms with E-state index in [9.17, 15) is 0 Å². The van der Waals surface area contributed by atoms with Crippen LogP contribution in [0.2, 0.25) is 0 Å². The Kier molecular flexibility index (Phi) is 2.23. The highest BCUT2D eigenvalue weighted by Gasteiger charge is 2.27. The van der Waals surface area contributed by atoms with Crippen LogP contribution >= 0.6 is 0 Å². The predicted octanol–water partition coefficient (Wildman–Crippen LogP) is 2.22. The molecule has 0 bridgehead atoms. The number of anilines is 1. The average Bonchev–Trinajstić information content (AvgIpc) is 2.43. The van der Waals surface area contributed by atoms with Gasteiger partial charge in [0.15, 0.2) is 0 Å². The number of aryl methyl sites for hydroxylation is 1. The van der Waals surface area contributed by atoms with Crippen LogP contribution in [0.5, 0.6) is 0 Å². The molecule has 2 N–H and O–H groups in total. The van der Waals surface area contributed by atoms with E-state index < -0.39 is 0 Å². The molecule has 0 amide bonds. The van der Waals surface area contributed by atoms with Gasteiger partial charge in [0.1, 0.15) is 0 Å². The molecule has 1 heterocycles. The van der Waals surface area contributed by atoms with Crippen LogP contribution in [0.3, 0.4) is 0 Å². The molecule has 2 heteroatoms. The molecule has 2 nitrogen and oxygen atoms in total. The van der Waals surface area contributed by atoms with Crippen molar-refractivity contribution in [2.75, 3.05) is 11.4 Å². The zero-order chi connectivity index (χ0) is 10.3. The maximum atomic E-state index is 6.08. The maximum absolute atomic E-state index is 6.08. The summed E-state index contributed by atoms with van der Waals surface area (Å²) in [6.45, 7) is 7.51. The number of hydrogen-bond donors (Lipinski definition) is 1. The van der Waals surface area contributed by atoms with Crippen molar-refractivity contribution in [2.24, 2.45) is 5.73 Å². The van der Waals surface area contributed by atoms with Gasteiger partial charge in [-0.25, -0.2) is 0 Å². The lowest BCUT2D eigenvalue weighted by Gasteiger charge is -2.24. The molecule has 76 valence electrons. The lowest BCUT2D eigenvalue weighted by Crippen LogP contribution is -2.30. The number of nitrogens with two attached hydrogens (primary N) is 1. The highest BCUT2D eigenvalue weighted by Crippen LogP contribution is 2.35. The molecule has 1 aliphatic heterocycles. The van der Waals surface area contributed by atoms with Gasteiger partial charge in [0, 0.05) is 24.3 Å². The number of nitrogens with zero attached hydrogens (tertiary/aromatic N) is 1. The zero-order valence-electron chi connectivity index (χ0n) is 9.12. The lowest BCUT2D eigenvalue weighted by molar-refractivity contribution is 0.657. The molecule has 1 unspecified atom stereocenters. The Hall–Kier alpha value is -1.02. The van der Waals surface area contributed by atoms with Gasteiger partial charge in [0.05, 0.1) is 0 Å². The molecule has 2 rings (SSSR count). The summed E-state index contributed by atoms with van der Waals surface area (Å²) in [5.41, 5.74) is 10.0. The normalized spacial score (nSPS) is 20.4. The fourth-order valence-corrected chi connectivity index (χ4v) is 2.11. The molecule has 0 radical (unpaired) electrons. The standard InChI is InChI=1S/C12H18N2/c1-8(2)14-7-11(13)10-5-4-9(3)6-12(10)14/h4-6,8,11H,7,13H2,1-3H3. The first-order valence-corrected chi connectivity index (χ1v) is 5.22. The van der Waals surface area contributed by atoms with Crippen LogP contribution < -0.4 is 10.6 Å². The molecule has 0 spiro atoms. The molecular formula is C12H18N2. The summed E-state index contributed by atoms with van der Waals surface area (Å²) in [6.07, 6.45) is 0. The summed E-state index contributed by atoms with van der Waals surface area (Å²) in [5, 5.41) is 0. The van der Waals surface area contributed by atoms with Crippen molar-refractivity contribution in [2.45, 2.75) is 32.9 Å². The van der Waals surface area contributed by atoms with E-state index in [1.54, 1.807) is 0 Å². The Morgan fingerprint density at radius 2 is 2.14 bits per heavy atom. The summed E-state index contributed by atoms with van der Waals surface area (Å²) in [5.74, 6) is 0. The summed E-state index contributed by atoms with van der Waals surface area (Å²) in [4.78, 5) is 2.38. The first-order valence-electron chi connectivity index (χ1n) is 5.22. The summed E-state index contributed by atoms with van der Waals surface area (Å²) >= 11 is 0. The molecule has 1 atom stereocenters. The smallest absolute Gasteiger partial charge is 0.0493 e. The van der Waals surface area contributed by atoms with Crippen molar-refractivity contribution in [3.05, 3.63) is 29.3 Å². The van der Waals surface area contributed by atoms with Gasteiger partial charge in [0.25, 0.3) is 0 Å². The van der Waals surface area contributed by atoms with E-state index in [2.05, 4.69) is 43.9 Å². The third kappa shape index (κ3) is 1.40. The van der Waals surface area contributed by atoms with E-state index in [-0.39, 0.29) is 6.04 Å². The van der Waals surface area contributed by atoms with E-state index in [0.29, 0.717) is 6.04 Å². The van der Waals surface area contributed by atoms with E-state index in [1.807, 2.05) is 0 Å². The Labute approximate surface area is 85.7 Å². The summed E-state index contributed by atoms with van der Waals surface area (Å²) in [7, 11) is 0. The van der Waals surface area contributed by atoms with Crippen LogP contribution in [-0.4, -0.2) is 12.6 Å². The second-order valence-corrected chi connectivity index (χ2v) is 4.41. The van der Waals surface area contributed by atoms with Gasteiger partial charge in [0.2, 0.25) is 0 Å². The highest BCUT2D eigenvalue weighted by atomic mass is 15.2. The third-order valence-electron chi connectivity index (χ3n) is 2.91. The van der Waals surface area contributed by atoms with Crippen molar-refractivity contribution in [3.63, 3.8) is 0 Å². The first kappa shape index (κ1) is 9.53. The molecule has 0 fully saturated rings. The van der Waals surface area contributed by atoms with Crippen molar-refractivity contribution < 1.29 is 0 Å². The number of benzene rings is 1.